The Morgan fingerprint density at radius 1 is 1.63 bits per heavy atom. The number of aliphatic carboxylic acids is 1. The van der Waals surface area contributed by atoms with Crippen LogP contribution in [0.3, 0.4) is 0 Å². The van der Waals surface area contributed by atoms with Gasteiger partial charge in [0.1, 0.15) is 12.4 Å². The van der Waals surface area contributed by atoms with E-state index < -0.39 is 28.2 Å². The normalized spacial score (nSPS) is 19.1. The fourth-order valence-corrected chi connectivity index (χ4v) is 3.49. The van der Waals surface area contributed by atoms with Gasteiger partial charge in [0, 0.05) is 13.1 Å². The lowest BCUT2D eigenvalue weighted by atomic mass is 10.0. The Bertz CT molecular complexity index is 588. The predicted molar refractivity (Wildman–Crippen MR) is 64.1 cm³/mol. The van der Waals surface area contributed by atoms with E-state index in [0.717, 1.165) is 0 Å². The molecule has 1 aliphatic rings. The second-order valence-electron chi connectivity index (χ2n) is 4.74. The fraction of sp³-hybridized carbons (Fsp3) is 0.600. The highest BCUT2D eigenvalue weighted by atomic mass is 32.2. The van der Waals surface area contributed by atoms with E-state index in [1.54, 1.807) is 13.8 Å². The smallest absolute Gasteiger partial charge is 0.329 e. The van der Waals surface area contributed by atoms with Crippen molar-refractivity contribution in [2.24, 2.45) is 0 Å². The van der Waals surface area contributed by atoms with Crippen LogP contribution in [0.1, 0.15) is 12.7 Å². The van der Waals surface area contributed by atoms with Gasteiger partial charge in [-0.1, -0.05) is 0 Å². The minimum absolute atomic E-state index is 0.0327. The predicted octanol–water partition coefficient (Wildman–Crippen LogP) is -0.418. The molecular formula is C10H15N3O5S. The molecular weight excluding hydrogens is 274 g/mol. The molecule has 0 saturated carbocycles. The third kappa shape index (κ3) is 2.77. The second-order valence-corrected chi connectivity index (χ2v) is 6.64. The van der Waals surface area contributed by atoms with Gasteiger partial charge in [-0.2, -0.15) is 4.31 Å². The van der Waals surface area contributed by atoms with Crippen LogP contribution in [0.2, 0.25) is 0 Å². The van der Waals surface area contributed by atoms with Gasteiger partial charge in [-0.05, 0) is 13.8 Å². The molecule has 0 aliphatic carbocycles. The van der Waals surface area contributed by atoms with Crippen LogP contribution in [0.4, 0.5) is 0 Å². The monoisotopic (exact) mass is 289 g/mol. The Balaban J connectivity index is 2.01. The van der Waals surface area contributed by atoms with Crippen molar-refractivity contribution in [2.45, 2.75) is 24.5 Å². The summed E-state index contributed by atoms with van der Waals surface area (Å²) in [5.74, 6) is -0.560. The van der Waals surface area contributed by atoms with Crippen LogP contribution in [-0.4, -0.2) is 59.1 Å². The molecule has 2 heterocycles. The summed E-state index contributed by atoms with van der Waals surface area (Å²) in [4.78, 5) is 16.9. The Hall–Kier alpha value is -1.45. The summed E-state index contributed by atoms with van der Waals surface area (Å²) in [7, 11) is -3.60. The first-order chi connectivity index (χ1) is 8.73. The van der Waals surface area contributed by atoms with E-state index in [2.05, 4.69) is 9.97 Å². The Morgan fingerprint density at radius 2 is 2.26 bits per heavy atom. The number of carboxylic acid groups (broad SMARTS) is 1. The van der Waals surface area contributed by atoms with Crippen molar-refractivity contribution in [3.63, 3.8) is 0 Å². The minimum atomic E-state index is -3.60. The first-order valence-corrected chi connectivity index (χ1v) is 7.04. The number of hydrogen-bond acceptors (Lipinski definition) is 5. The second kappa shape index (κ2) is 4.58. The Kier molecular flexibility index (Phi) is 3.37. The SMILES string of the molecule is Cc1ncc(S(=O)(=O)N2CC(C)(OCC(=O)O)C2)[nH]1. The van der Waals surface area contributed by atoms with Gasteiger partial charge < -0.3 is 14.8 Å². The zero-order valence-electron chi connectivity index (χ0n) is 10.6. The number of carboxylic acids is 1. The molecule has 0 atom stereocenters. The molecule has 1 aromatic heterocycles. The number of nitrogens with one attached hydrogen (secondary N) is 1. The molecule has 2 rings (SSSR count). The highest BCUT2D eigenvalue weighted by Crippen LogP contribution is 2.29. The molecule has 0 aromatic carbocycles. The van der Waals surface area contributed by atoms with Crippen molar-refractivity contribution < 1.29 is 23.1 Å². The number of ether oxygens (including phenoxy) is 1. The number of aromatic nitrogens is 2. The van der Waals surface area contributed by atoms with Crippen LogP contribution in [0.15, 0.2) is 11.2 Å². The molecule has 0 unspecified atom stereocenters. The van der Waals surface area contributed by atoms with Gasteiger partial charge >= 0.3 is 5.97 Å². The molecule has 0 radical (unpaired) electrons. The fourth-order valence-electron chi connectivity index (χ4n) is 1.87. The molecule has 106 valence electrons. The minimum Gasteiger partial charge on any atom is -0.480 e. The maximum Gasteiger partial charge on any atom is 0.329 e. The average molecular weight is 289 g/mol. The van der Waals surface area contributed by atoms with E-state index in [1.807, 2.05) is 0 Å². The molecule has 0 bridgehead atoms. The zero-order chi connectivity index (χ0) is 14.3. The van der Waals surface area contributed by atoms with Crippen molar-refractivity contribution in [1.29, 1.82) is 0 Å². The van der Waals surface area contributed by atoms with E-state index in [1.165, 1.54) is 10.5 Å². The number of hydrogen-bond donors (Lipinski definition) is 2. The number of H-pyrrole nitrogens is 1. The van der Waals surface area contributed by atoms with Crippen LogP contribution in [0, 0.1) is 6.92 Å². The summed E-state index contributed by atoms with van der Waals surface area (Å²) in [6.45, 7) is 3.16. The van der Waals surface area contributed by atoms with Crippen molar-refractivity contribution in [3.8, 4) is 0 Å². The van der Waals surface area contributed by atoms with Gasteiger partial charge in [0.25, 0.3) is 10.0 Å². The van der Waals surface area contributed by atoms with Crippen LogP contribution in [-0.2, 0) is 19.6 Å². The summed E-state index contributed by atoms with van der Waals surface area (Å²) < 4.78 is 30.7. The van der Waals surface area contributed by atoms with Crippen molar-refractivity contribution >= 4 is 16.0 Å². The Morgan fingerprint density at radius 3 is 2.74 bits per heavy atom. The molecule has 1 aromatic rings. The number of rotatable bonds is 5. The third-order valence-electron chi connectivity index (χ3n) is 2.86. The first kappa shape index (κ1) is 14.0. The number of aryl methyl sites for hydroxylation is 1. The number of imidazole rings is 1. The van der Waals surface area contributed by atoms with Gasteiger partial charge in [0.2, 0.25) is 0 Å². The number of aromatic amines is 1. The van der Waals surface area contributed by atoms with E-state index >= 15 is 0 Å². The van der Waals surface area contributed by atoms with E-state index in [-0.39, 0.29) is 18.1 Å². The molecule has 2 N–H and O–H groups in total. The van der Waals surface area contributed by atoms with Gasteiger partial charge in [-0.15, -0.1) is 0 Å². The van der Waals surface area contributed by atoms with Gasteiger partial charge in [-0.3, -0.25) is 0 Å². The van der Waals surface area contributed by atoms with Crippen molar-refractivity contribution in [2.75, 3.05) is 19.7 Å². The van der Waals surface area contributed by atoms with Crippen molar-refractivity contribution in [3.05, 3.63) is 12.0 Å². The van der Waals surface area contributed by atoms with Crippen LogP contribution < -0.4 is 0 Å². The van der Waals surface area contributed by atoms with Crippen molar-refractivity contribution in [1.82, 2.24) is 14.3 Å². The highest BCUT2D eigenvalue weighted by Gasteiger charge is 2.47. The zero-order valence-corrected chi connectivity index (χ0v) is 11.4. The maximum atomic E-state index is 12.1. The summed E-state index contributed by atoms with van der Waals surface area (Å²) in [6, 6.07) is 0. The molecule has 1 saturated heterocycles. The van der Waals surface area contributed by atoms with Crippen LogP contribution in [0.5, 0.6) is 0 Å². The van der Waals surface area contributed by atoms with E-state index in [0.29, 0.717) is 5.82 Å². The number of carbonyl (C=O) groups is 1. The van der Waals surface area contributed by atoms with Gasteiger partial charge in [-0.25, -0.2) is 18.2 Å². The lowest BCUT2D eigenvalue weighted by Gasteiger charge is -2.45. The number of nitrogens with zero attached hydrogens (tertiary/aromatic N) is 2. The molecule has 19 heavy (non-hydrogen) atoms. The van der Waals surface area contributed by atoms with E-state index in [4.69, 9.17) is 9.84 Å². The molecule has 8 nitrogen and oxygen atoms in total. The third-order valence-corrected chi connectivity index (χ3v) is 4.56. The maximum absolute atomic E-state index is 12.1. The summed E-state index contributed by atoms with van der Waals surface area (Å²) in [5, 5.41) is 8.57. The van der Waals surface area contributed by atoms with Crippen LogP contribution in [0.25, 0.3) is 0 Å². The lowest BCUT2D eigenvalue weighted by Crippen LogP contribution is -2.63. The Labute approximate surface area is 110 Å². The topological polar surface area (TPSA) is 113 Å². The molecule has 0 spiro atoms. The van der Waals surface area contributed by atoms with Crippen LogP contribution >= 0.6 is 0 Å². The lowest BCUT2D eigenvalue weighted by molar-refractivity contribution is -0.157. The average Bonchev–Trinajstić information content (AvgIpc) is 2.70. The quantitative estimate of drug-likeness (QED) is 0.761. The highest BCUT2D eigenvalue weighted by molar-refractivity contribution is 7.89. The van der Waals surface area contributed by atoms with Gasteiger partial charge in [0.15, 0.2) is 5.03 Å². The summed E-state index contributed by atoms with van der Waals surface area (Å²) in [6.07, 6.45) is 1.26. The van der Waals surface area contributed by atoms with Gasteiger partial charge in [0.05, 0.1) is 11.8 Å². The summed E-state index contributed by atoms with van der Waals surface area (Å²) >= 11 is 0. The standard InChI is InChI=1S/C10H15N3O5S/c1-7-11-3-8(12-7)19(16,17)13-5-10(2,6-13)18-4-9(14)15/h3H,4-6H2,1-2H3,(H,11,12)(H,14,15). The molecule has 1 fully saturated rings. The largest absolute Gasteiger partial charge is 0.480 e. The molecule has 0 amide bonds. The number of sulfonamides is 1. The molecule has 1 aliphatic heterocycles. The van der Waals surface area contributed by atoms with E-state index in [9.17, 15) is 13.2 Å². The first-order valence-electron chi connectivity index (χ1n) is 5.60. The molecule has 9 heteroatoms. The summed E-state index contributed by atoms with van der Waals surface area (Å²) in [5.41, 5.74) is -0.749.